The number of rotatable bonds is 0. The number of fused-ring (bicyclic) bond motifs is 1. The van der Waals surface area contributed by atoms with Crippen LogP contribution >= 0.6 is 0 Å². The Morgan fingerprint density at radius 2 is 2.25 bits per heavy atom. The molecule has 88 valence electrons. The number of ether oxygens (including phenoxy) is 1. The molecule has 0 bridgehead atoms. The van der Waals surface area contributed by atoms with Crippen molar-refractivity contribution in [2.75, 3.05) is 13.1 Å². The van der Waals surface area contributed by atoms with Crippen LogP contribution in [0, 0.1) is 5.92 Å². The normalized spacial score (nSPS) is 24.1. The van der Waals surface area contributed by atoms with Gasteiger partial charge >= 0.3 is 6.09 Å². The van der Waals surface area contributed by atoms with E-state index in [2.05, 4.69) is 18.2 Å². The van der Waals surface area contributed by atoms with Crippen LogP contribution in [0.5, 0.6) is 0 Å². The summed E-state index contributed by atoms with van der Waals surface area (Å²) in [6.07, 6.45) is 7.21. The van der Waals surface area contributed by atoms with Crippen molar-refractivity contribution in [1.29, 1.82) is 0 Å². The molecule has 0 saturated carbocycles. The van der Waals surface area contributed by atoms with Crippen LogP contribution in [0.25, 0.3) is 0 Å². The van der Waals surface area contributed by atoms with Gasteiger partial charge in [0.15, 0.2) is 0 Å². The summed E-state index contributed by atoms with van der Waals surface area (Å²) < 4.78 is 5.37. The Hall–Kier alpha value is -1.25. The van der Waals surface area contributed by atoms with Gasteiger partial charge in [0.25, 0.3) is 0 Å². The lowest BCUT2D eigenvalue weighted by Gasteiger charge is -2.24. The van der Waals surface area contributed by atoms with Gasteiger partial charge in [-0.25, -0.2) is 4.79 Å². The van der Waals surface area contributed by atoms with Gasteiger partial charge in [-0.15, -0.1) is 0 Å². The predicted octanol–water partition coefficient (Wildman–Crippen LogP) is 2.74. The fourth-order valence-corrected chi connectivity index (χ4v) is 2.11. The molecule has 1 saturated heterocycles. The van der Waals surface area contributed by atoms with Crippen LogP contribution in [0.4, 0.5) is 4.79 Å². The second kappa shape index (κ2) is 3.96. The van der Waals surface area contributed by atoms with Crippen LogP contribution in [0.3, 0.4) is 0 Å². The topological polar surface area (TPSA) is 29.5 Å². The second-order valence-corrected chi connectivity index (χ2v) is 5.46. The summed E-state index contributed by atoms with van der Waals surface area (Å²) in [5.74, 6) is 0.512. The molecule has 1 amide bonds. The first-order valence-electron chi connectivity index (χ1n) is 5.79. The van der Waals surface area contributed by atoms with E-state index in [1.54, 1.807) is 4.90 Å². The van der Waals surface area contributed by atoms with Gasteiger partial charge in [0.05, 0.1) is 0 Å². The molecule has 2 aliphatic rings. The van der Waals surface area contributed by atoms with Crippen LogP contribution < -0.4 is 0 Å². The number of amides is 1. The zero-order chi connectivity index (χ0) is 11.8. The van der Waals surface area contributed by atoms with Crippen molar-refractivity contribution in [3.05, 3.63) is 23.8 Å². The number of hydrogen-bond acceptors (Lipinski definition) is 2. The molecule has 3 heteroatoms. The first-order chi connectivity index (χ1) is 7.46. The highest BCUT2D eigenvalue weighted by molar-refractivity contribution is 5.69. The van der Waals surface area contributed by atoms with E-state index in [0.717, 1.165) is 19.5 Å². The minimum atomic E-state index is -0.405. The number of likely N-dealkylation sites (tertiary alicyclic amines) is 1. The van der Waals surface area contributed by atoms with E-state index in [1.165, 1.54) is 5.57 Å². The predicted molar refractivity (Wildman–Crippen MR) is 63.1 cm³/mol. The smallest absolute Gasteiger partial charge is 0.410 e. The number of carbonyl (C=O) groups excluding carboxylic acids is 1. The zero-order valence-corrected chi connectivity index (χ0v) is 10.2. The highest BCUT2D eigenvalue weighted by Gasteiger charge is 2.32. The highest BCUT2D eigenvalue weighted by Crippen LogP contribution is 2.29. The van der Waals surface area contributed by atoms with E-state index in [-0.39, 0.29) is 6.09 Å². The molecule has 16 heavy (non-hydrogen) atoms. The van der Waals surface area contributed by atoms with Crippen molar-refractivity contribution in [2.24, 2.45) is 5.92 Å². The molecule has 1 atom stereocenters. The van der Waals surface area contributed by atoms with E-state index in [1.807, 2.05) is 20.8 Å². The molecule has 0 radical (unpaired) electrons. The summed E-state index contributed by atoms with van der Waals surface area (Å²) in [4.78, 5) is 13.7. The Morgan fingerprint density at radius 3 is 2.88 bits per heavy atom. The van der Waals surface area contributed by atoms with Gasteiger partial charge < -0.3 is 9.64 Å². The summed E-state index contributed by atoms with van der Waals surface area (Å²) in [5, 5.41) is 0. The van der Waals surface area contributed by atoms with Crippen molar-refractivity contribution in [1.82, 2.24) is 4.90 Å². The summed E-state index contributed by atoms with van der Waals surface area (Å²) in [6, 6.07) is 0. The van der Waals surface area contributed by atoms with Crippen LogP contribution in [-0.4, -0.2) is 29.7 Å². The Labute approximate surface area is 96.8 Å². The number of carbonyl (C=O) groups is 1. The lowest BCUT2D eigenvalue weighted by molar-refractivity contribution is 0.0291. The molecule has 1 aliphatic heterocycles. The Morgan fingerprint density at radius 1 is 1.50 bits per heavy atom. The molecule has 1 fully saturated rings. The summed E-state index contributed by atoms with van der Waals surface area (Å²) in [7, 11) is 0. The quantitative estimate of drug-likeness (QED) is 0.629. The molecule has 1 unspecified atom stereocenters. The number of nitrogens with zero attached hydrogens (tertiary/aromatic N) is 1. The standard InChI is InChI=1S/C13H19NO2/c1-13(2,3)16-12(15)14-8-10-6-4-5-7-11(10)9-14/h4-6,11H,7-9H2,1-3H3. The molecular weight excluding hydrogens is 202 g/mol. The number of allylic oxidation sites excluding steroid dienone is 3. The fourth-order valence-electron chi connectivity index (χ4n) is 2.11. The van der Waals surface area contributed by atoms with Crippen molar-refractivity contribution in [2.45, 2.75) is 32.8 Å². The van der Waals surface area contributed by atoms with Gasteiger partial charge in [-0.1, -0.05) is 18.2 Å². The van der Waals surface area contributed by atoms with E-state index in [4.69, 9.17) is 4.74 Å². The second-order valence-electron chi connectivity index (χ2n) is 5.46. The van der Waals surface area contributed by atoms with E-state index >= 15 is 0 Å². The van der Waals surface area contributed by atoms with Crippen molar-refractivity contribution >= 4 is 6.09 Å². The minimum absolute atomic E-state index is 0.192. The Bertz CT molecular complexity index is 349. The lowest BCUT2D eigenvalue weighted by atomic mass is 9.95. The zero-order valence-electron chi connectivity index (χ0n) is 10.2. The van der Waals surface area contributed by atoms with Crippen molar-refractivity contribution in [3.63, 3.8) is 0 Å². The molecular formula is C13H19NO2. The first kappa shape index (κ1) is 11.2. The highest BCUT2D eigenvalue weighted by atomic mass is 16.6. The maximum Gasteiger partial charge on any atom is 0.410 e. The first-order valence-corrected chi connectivity index (χ1v) is 5.79. The molecule has 3 nitrogen and oxygen atoms in total. The summed E-state index contributed by atoms with van der Waals surface area (Å²) >= 11 is 0. The monoisotopic (exact) mass is 221 g/mol. The van der Waals surface area contributed by atoms with Crippen LogP contribution in [0.2, 0.25) is 0 Å². The third kappa shape index (κ3) is 2.46. The SMILES string of the molecule is CC(C)(C)OC(=O)N1CC2=CC=CCC2C1. The van der Waals surface area contributed by atoms with Crippen molar-refractivity contribution < 1.29 is 9.53 Å². The molecule has 0 aromatic heterocycles. The fraction of sp³-hybridized carbons (Fsp3) is 0.615. The molecule has 0 aromatic rings. The molecule has 2 rings (SSSR count). The van der Waals surface area contributed by atoms with Gasteiger partial charge in [0.1, 0.15) is 5.60 Å². The number of hydrogen-bond donors (Lipinski definition) is 0. The van der Waals surface area contributed by atoms with Gasteiger partial charge in [-0.3, -0.25) is 0 Å². The molecule has 0 aromatic carbocycles. The van der Waals surface area contributed by atoms with Crippen LogP contribution in [0.1, 0.15) is 27.2 Å². The average molecular weight is 221 g/mol. The molecule has 1 heterocycles. The van der Waals surface area contributed by atoms with Gasteiger partial charge in [-0.2, -0.15) is 0 Å². The summed E-state index contributed by atoms with van der Waals surface area (Å²) in [5.41, 5.74) is 0.950. The average Bonchev–Trinajstić information content (AvgIpc) is 2.58. The van der Waals surface area contributed by atoms with Gasteiger partial charge in [-0.05, 0) is 32.8 Å². The third-order valence-electron chi connectivity index (χ3n) is 2.86. The lowest BCUT2D eigenvalue weighted by Crippen LogP contribution is -2.35. The van der Waals surface area contributed by atoms with Gasteiger partial charge in [0.2, 0.25) is 0 Å². The third-order valence-corrected chi connectivity index (χ3v) is 2.86. The largest absolute Gasteiger partial charge is 0.444 e. The molecule has 1 aliphatic carbocycles. The maximum atomic E-state index is 11.9. The Balaban J connectivity index is 1.97. The molecule has 0 N–H and O–H groups in total. The minimum Gasteiger partial charge on any atom is -0.444 e. The van der Waals surface area contributed by atoms with Gasteiger partial charge in [0, 0.05) is 19.0 Å². The van der Waals surface area contributed by atoms with Crippen LogP contribution in [-0.2, 0) is 4.74 Å². The Kier molecular flexibility index (Phi) is 2.78. The maximum absolute atomic E-state index is 11.9. The molecule has 0 spiro atoms. The van der Waals surface area contributed by atoms with E-state index in [9.17, 15) is 4.79 Å². The summed E-state index contributed by atoms with van der Waals surface area (Å²) in [6.45, 7) is 7.22. The van der Waals surface area contributed by atoms with E-state index in [0.29, 0.717) is 5.92 Å². The van der Waals surface area contributed by atoms with E-state index < -0.39 is 5.60 Å². The van der Waals surface area contributed by atoms with Crippen LogP contribution in [0.15, 0.2) is 23.8 Å². The van der Waals surface area contributed by atoms with Crippen molar-refractivity contribution in [3.8, 4) is 0 Å².